The van der Waals surface area contributed by atoms with Crippen molar-refractivity contribution in [2.45, 2.75) is 39.3 Å². The number of esters is 1. The number of hydrogen-bond acceptors (Lipinski definition) is 7. The number of rotatable bonds is 7. The molecular formula is C27H26N2O5S. The van der Waals surface area contributed by atoms with Crippen molar-refractivity contribution < 1.29 is 23.6 Å². The molecule has 35 heavy (non-hydrogen) atoms. The van der Waals surface area contributed by atoms with E-state index in [9.17, 15) is 9.59 Å². The van der Waals surface area contributed by atoms with Crippen LogP contribution in [-0.4, -0.2) is 35.1 Å². The van der Waals surface area contributed by atoms with Crippen molar-refractivity contribution in [3.8, 4) is 5.75 Å². The summed E-state index contributed by atoms with van der Waals surface area (Å²) >= 11 is 1.64. The summed E-state index contributed by atoms with van der Waals surface area (Å²) in [5.41, 5.74) is 1.85. The third-order valence-corrected chi connectivity index (χ3v) is 7.37. The molecule has 0 saturated carbocycles. The topological polar surface area (TPSA) is 81.9 Å². The lowest BCUT2D eigenvalue weighted by Crippen LogP contribution is -2.34. The standard InChI is InChI=1S/C27H26N2O5S/c1-17-22(18(2)34-28-17)15-32-24-14-20-8-4-3-7-19(20)13-21(24)27(31)33-16-26(30)29-11-5-9-23(29)25-10-6-12-35-25/h3-4,6-8,10,12-14,23H,5,9,11,15-16H2,1-2H3. The van der Waals surface area contributed by atoms with Crippen LogP contribution in [0.15, 0.2) is 58.4 Å². The molecule has 1 aliphatic heterocycles. The van der Waals surface area contributed by atoms with Crippen molar-refractivity contribution in [1.29, 1.82) is 0 Å². The Morgan fingerprint density at radius 1 is 1.14 bits per heavy atom. The number of amides is 1. The monoisotopic (exact) mass is 490 g/mol. The molecule has 8 heteroatoms. The van der Waals surface area contributed by atoms with Crippen LogP contribution in [0.4, 0.5) is 0 Å². The number of carbonyl (C=O) groups is 2. The van der Waals surface area contributed by atoms with Gasteiger partial charge in [0, 0.05) is 11.4 Å². The van der Waals surface area contributed by atoms with Gasteiger partial charge in [0.25, 0.3) is 5.91 Å². The van der Waals surface area contributed by atoms with E-state index >= 15 is 0 Å². The van der Waals surface area contributed by atoms with E-state index in [0.29, 0.717) is 18.1 Å². The van der Waals surface area contributed by atoms with Crippen LogP contribution < -0.4 is 4.74 Å². The number of benzene rings is 2. The highest BCUT2D eigenvalue weighted by molar-refractivity contribution is 7.10. The van der Waals surface area contributed by atoms with Gasteiger partial charge in [-0.15, -0.1) is 11.3 Å². The maximum Gasteiger partial charge on any atom is 0.342 e. The summed E-state index contributed by atoms with van der Waals surface area (Å²) in [6.45, 7) is 4.23. The minimum Gasteiger partial charge on any atom is -0.488 e. The summed E-state index contributed by atoms with van der Waals surface area (Å²) in [6, 6.07) is 15.4. The van der Waals surface area contributed by atoms with Crippen LogP contribution in [0.25, 0.3) is 10.8 Å². The largest absolute Gasteiger partial charge is 0.488 e. The first-order valence-electron chi connectivity index (χ1n) is 11.6. The number of aromatic nitrogens is 1. The summed E-state index contributed by atoms with van der Waals surface area (Å²) in [4.78, 5) is 29.0. The van der Waals surface area contributed by atoms with Crippen LogP contribution >= 0.6 is 11.3 Å². The first-order valence-corrected chi connectivity index (χ1v) is 12.5. The molecule has 4 aromatic rings. The fourth-order valence-corrected chi connectivity index (χ4v) is 5.36. The summed E-state index contributed by atoms with van der Waals surface area (Å²) in [6.07, 6.45) is 1.86. The highest BCUT2D eigenvalue weighted by Gasteiger charge is 2.31. The Morgan fingerprint density at radius 3 is 2.66 bits per heavy atom. The second-order valence-corrected chi connectivity index (χ2v) is 9.60. The van der Waals surface area contributed by atoms with Crippen LogP contribution in [0.5, 0.6) is 5.75 Å². The van der Waals surface area contributed by atoms with Crippen molar-refractivity contribution in [3.63, 3.8) is 0 Å². The Labute approximate surface area is 207 Å². The molecule has 1 atom stereocenters. The van der Waals surface area contributed by atoms with Gasteiger partial charge in [-0.25, -0.2) is 4.79 Å². The Kier molecular flexibility index (Phi) is 6.55. The summed E-state index contributed by atoms with van der Waals surface area (Å²) < 4.78 is 16.8. The Hall–Kier alpha value is -3.65. The molecule has 1 fully saturated rings. The fraction of sp³-hybridized carbons (Fsp3) is 0.296. The molecule has 1 aliphatic rings. The van der Waals surface area contributed by atoms with E-state index in [4.69, 9.17) is 14.0 Å². The highest BCUT2D eigenvalue weighted by atomic mass is 32.1. The molecule has 2 aromatic carbocycles. The zero-order valence-corrected chi connectivity index (χ0v) is 20.5. The van der Waals surface area contributed by atoms with Crippen molar-refractivity contribution >= 4 is 34.0 Å². The smallest absolute Gasteiger partial charge is 0.342 e. The molecule has 0 N–H and O–H groups in total. The second kappa shape index (κ2) is 9.92. The SMILES string of the molecule is Cc1noc(C)c1COc1cc2ccccc2cc1C(=O)OCC(=O)N1CCCC1c1cccs1. The van der Waals surface area contributed by atoms with Gasteiger partial charge in [0.1, 0.15) is 23.7 Å². The first kappa shape index (κ1) is 23.1. The van der Waals surface area contributed by atoms with Crippen molar-refractivity contribution in [3.05, 3.63) is 81.4 Å². The number of nitrogens with zero attached hydrogens (tertiary/aromatic N) is 2. The molecule has 0 radical (unpaired) electrons. The van der Waals surface area contributed by atoms with Gasteiger partial charge in [-0.2, -0.15) is 0 Å². The molecular weight excluding hydrogens is 464 g/mol. The predicted molar refractivity (Wildman–Crippen MR) is 133 cm³/mol. The van der Waals surface area contributed by atoms with E-state index in [1.165, 1.54) is 0 Å². The summed E-state index contributed by atoms with van der Waals surface area (Å²) in [5, 5.41) is 7.79. The van der Waals surface area contributed by atoms with E-state index in [0.717, 1.165) is 39.7 Å². The second-order valence-electron chi connectivity index (χ2n) is 8.62. The number of thiophene rings is 1. The maximum atomic E-state index is 13.1. The summed E-state index contributed by atoms with van der Waals surface area (Å²) in [7, 11) is 0. The molecule has 0 spiro atoms. The molecule has 1 saturated heterocycles. The van der Waals surface area contributed by atoms with E-state index < -0.39 is 5.97 Å². The first-order chi connectivity index (χ1) is 17.0. The summed E-state index contributed by atoms with van der Waals surface area (Å²) in [5.74, 6) is 0.278. The molecule has 0 aliphatic carbocycles. The lowest BCUT2D eigenvalue weighted by atomic mass is 10.1. The third kappa shape index (κ3) is 4.79. The Bertz CT molecular complexity index is 1340. The molecule has 3 heterocycles. The van der Waals surface area contributed by atoms with Gasteiger partial charge in [-0.05, 0) is 61.0 Å². The fourth-order valence-electron chi connectivity index (χ4n) is 4.49. The van der Waals surface area contributed by atoms with E-state index in [1.807, 2.05) is 66.6 Å². The number of ether oxygens (including phenoxy) is 2. The molecule has 1 unspecified atom stereocenters. The number of aryl methyl sites for hydroxylation is 2. The van der Waals surface area contributed by atoms with Crippen molar-refractivity contribution in [2.24, 2.45) is 0 Å². The lowest BCUT2D eigenvalue weighted by Gasteiger charge is -2.23. The molecule has 7 nitrogen and oxygen atoms in total. The average molecular weight is 491 g/mol. The average Bonchev–Trinajstić information content (AvgIpc) is 3.62. The van der Waals surface area contributed by atoms with Gasteiger partial charge in [0.2, 0.25) is 0 Å². The number of fused-ring (bicyclic) bond motifs is 1. The molecule has 5 rings (SSSR count). The third-order valence-electron chi connectivity index (χ3n) is 6.39. The Balaban J connectivity index is 1.33. The van der Waals surface area contributed by atoms with Crippen LogP contribution in [0.1, 0.15) is 51.1 Å². The minimum atomic E-state index is -0.593. The normalized spacial score (nSPS) is 15.5. The van der Waals surface area contributed by atoms with E-state index in [1.54, 1.807) is 17.4 Å². The maximum absolute atomic E-state index is 13.1. The van der Waals surface area contributed by atoms with Crippen LogP contribution in [0.3, 0.4) is 0 Å². The van der Waals surface area contributed by atoms with Gasteiger partial charge in [0.05, 0.1) is 17.3 Å². The predicted octanol–water partition coefficient (Wildman–Crippen LogP) is 5.61. The highest BCUT2D eigenvalue weighted by Crippen LogP contribution is 2.34. The lowest BCUT2D eigenvalue weighted by molar-refractivity contribution is -0.135. The number of carbonyl (C=O) groups excluding carboxylic acids is 2. The zero-order chi connectivity index (χ0) is 24.4. The molecule has 1 amide bonds. The van der Waals surface area contributed by atoms with Gasteiger partial charge in [0.15, 0.2) is 6.61 Å². The molecule has 2 aromatic heterocycles. The number of hydrogen-bond donors (Lipinski definition) is 0. The quantitative estimate of drug-likeness (QED) is 0.314. The van der Waals surface area contributed by atoms with Gasteiger partial charge < -0.3 is 18.9 Å². The van der Waals surface area contributed by atoms with Crippen molar-refractivity contribution in [2.75, 3.05) is 13.2 Å². The van der Waals surface area contributed by atoms with Crippen LogP contribution in [-0.2, 0) is 16.1 Å². The van der Waals surface area contributed by atoms with E-state index in [-0.39, 0.29) is 30.7 Å². The van der Waals surface area contributed by atoms with Gasteiger partial charge in [-0.3, -0.25) is 4.79 Å². The van der Waals surface area contributed by atoms with Crippen molar-refractivity contribution in [1.82, 2.24) is 10.1 Å². The van der Waals surface area contributed by atoms with Crippen LogP contribution in [0, 0.1) is 13.8 Å². The van der Waals surface area contributed by atoms with Gasteiger partial charge >= 0.3 is 5.97 Å². The Morgan fingerprint density at radius 2 is 1.94 bits per heavy atom. The van der Waals surface area contributed by atoms with E-state index in [2.05, 4.69) is 5.16 Å². The van der Waals surface area contributed by atoms with Crippen LogP contribution in [0.2, 0.25) is 0 Å². The number of likely N-dealkylation sites (tertiary alicyclic amines) is 1. The molecule has 180 valence electrons. The zero-order valence-electron chi connectivity index (χ0n) is 19.7. The molecule has 0 bridgehead atoms. The minimum absolute atomic E-state index is 0.0517. The van der Waals surface area contributed by atoms with Gasteiger partial charge in [-0.1, -0.05) is 35.5 Å².